The topological polar surface area (TPSA) is 98.1 Å². The van der Waals surface area contributed by atoms with Gasteiger partial charge in [-0.05, 0) is 30.9 Å². The van der Waals surface area contributed by atoms with Gasteiger partial charge in [0.2, 0.25) is 0 Å². The van der Waals surface area contributed by atoms with Crippen molar-refractivity contribution < 1.29 is 14.7 Å². The highest BCUT2D eigenvalue weighted by molar-refractivity contribution is 6.02. The molecule has 2 N–H and O–H groups in total. The van der Waals surface area contributed by atoms with E-state index in [9.17, 15) is 14.7 Å². The minimum atomic E-state index is -0.928. The second kappa shape index (κ2) is 9.11. The van der Waals surface area contributed by atoms with E-state index in [-0.39, 0.29) is 18.5 Å². The zero-order valence-electron chi connectivity index (χ0n) is 16.9. The average molecular weight is 409 g/mol. The zero-order valence-corrected chi connectivity index (χ0v) is 16.9. The fraction of sp³-hybridized carbons (Fsp3) is 0.455. The van der Waals surface area contributed by atoms with Crippen LogP contribution in [0.15, 0.2) is 53.3 Å². The maximum absolute atomic E-state index is 13.0. The van der Waals surface area contributed by atoms with Crippen molar-refractivity contribution in [3.8, 4) is 0 Å². The first-order valence-electron chi connectivity index (χ1n) is 10.5. The number of pyridine rings is 1. The summed E-state index contributed by atoms with van der Waals surface area (Å²) in [5.74, 6) is 0.0493. The first kappa shape index (κ1) is 20.1. The van der Waals surface area contributed by atoms with Gasteiger partial charge >= 0.3 is 12.0 Å². The molecule has 158 valence electrons. The maximum Gasteiger partial charge on any atom is 0.320 e. The highest BCUT2D eigenvalue weighted by Crippen LogP contribution is 2.28. The second-order valence-corrected chi connectivity index (χ2v) is 7.78. The quantitative estimate of drug-likeness (QED) is 0.687. The Hall–Kier alpha value is -3.16. The summed E-state index contributed by atoms with van der Waals surface area (Å²) in [7, 11) is 0. The van der Waals surface area contributed by atoms with Crippen LogP contribution in [0, 0.1) is 0 Å². The van der Waals surface area contributed by atoms with Gasteiger partial charge in [-0.1, -0.05) is 24.3 Å². The Bertz CT molecular complexity index is 880. The third kappa shape index (κ3) is 4.53. The number of aromatic nitrogens is 1. The molecule has 4 heterocycles. The number of amidine groups is 1. The van der Waals surface area contributed by atoms with Crippen molar-refractivity contribution in [2.75, 3.05) is 26.2 Å². The molecule has 1 aromatic rings. The van der Waals surface area contributed by atoms with Gasteiger partial charge in [0.15, 0.2) is 0 Å². The van der Waals surface area contributed by atoms with E-state index in [1.165, 1.54) is 5.57 Å². The monoisotopic (exact) mass is 409 g/mol. The van der Waals surface area contributed by atoms with Gasteiger partial charge in [0, 0.05) is 44.1 Å². The van der Waals surface area contributed by atoms with E-state index in [0.717, 1.165) is 37.2 Å². The van der Waals surface area contributed by atoms with Gasteiger partial charge in [-0.25, -0.2) is 4.79 Å². The predicted octanol–water partition coefficient (Wildman–Crippen LogP) is 2.37. The number of nitrogens with zero attached hydrogens (tertiary/aromatic N) is 4. The summed E-state index contributed by atoms with van der Waals surface area (Å²) in [5, 5.41) is 12.7. The summed E-state index contributed by atoms with van der Waals surface area (Å²) in [5.41, 5.74) is 1.92. The molecule has 8 nitrogen and oxygen atoms in total. The van der Waals surface area contributed by atoms with Crippen LogP contribution in [0.5, 0.6) is 0 Å². The first-order chi connectivity index (χ1) is 14.6. The molecule has 0 spiro atoms. The molecule has 30 heavy (non-hydrogen) atoms. The van der Waals surface area contributed by atoms with Crippen molar-refractivity contribution in [3.63, 3.8) is 0 Å². The van der Waals surface area contributed by atoms with E-state index in [2.05, 4.69) is 28.5 Å². The van der Waals surface area contributed by atoms with Crippen LogP contribution in [0.2, 0.25) is 0 Å². The summed E-state index contributed by atoms with van der Waals surface area (Å²) in [6, 6.07) is 3.13. The second-order valence-electron chi connectivity index (χ2n) is 7.78. The fourth-order valence-electron chi connectivity index (χ4n) is 4.20. The van der Waals surface area contributed by atoms with E-state index in [1.54, 1.807) is 23.4 Å². The van der Waals surface area contributed by atoms with Crippen molar-refractivity contribution in [1.82, 2.24) is 20.1 Å². The van der Waals surface area contributed by atoms with E-state index in [4.69, 9.17) is 4.99 Å². The van der Waals surface area contributed by atoms with Gasteiger partial charge in [0.05, 0.1) is 18.5 Å². The van der Waals surface area contributed by atoms with E-state index in [0.29, 0.717) is 19.6 Å². The van der Waals surface area contributed by atoms with Crippen LogP contribution < -0.4 is 5.32 Å². The number of urea groups is 1. The molecule has 3 aliphatic heterocycles. The number of fused-ring (bicyclic) bond motifs is 1. The molecule has 0 aromatic carbocycles. The number of rotatable bonds is 8. The smallest absolute Gasteiger partial charge is 0.320 e. The van der Waals surface area contributed by atoms with E-state index < -0.39 is 12.0 Å². The third-order valence-corrected chi connectivity index (χ3v) is 5.74. The molecule has 0 saturated carbocycles. The van der Waals surface area contributed by atoms with Crippen LogP contribution in [-0.4, -0.2) is 69.9 Å². The lowest BCUT2D eigenvalue weighted by atomic mass is 10.0. The van der Waals surface area contributed by atoms with Crippen molar-refractivity contribution >= 4 is 17.8 Å². The van der Waals surface area contributed by atoms with Crippen LogP contribution in [-0.2, 0) is 4.79 Å². The number of carboxylic acid groups (broad SMARTS) is 1. The standard InChI is InChI=1S/C22H27N5O3/c28-20(29)14-19(17-5-1-9-23-15-17)27-13-12-26(22(27)30)11-3-6-18-8-7-16-4-2-10-24-21(16)25-18/h1,4-5,7-9,15,18-19H,2-3,6,10-14H2,(H,24,25)(H,28,29). The van der Waals surface area contributed by atoms with Crippen molar-refractivity contribution in [2.24, 2.45) is 4.99 Å². The average Bonchev–Trinajstić information content (AvgIpc) is 3.12. The molecule has 4 rings (SSSR count). The molecule has 0 bridgehead atoms. The Morgan fingerprint density at radius 1 is 1.37 bits per heavy atom. The molecule has 1 fully saturated rings. The molecule has 2 atom stereocenters. The lowest BCUT2D eigenvalue weighted by Crippen LogP contribution is -2.36. The van der Waals surface area contributed by atoms with Crippen LogP contribution in [0.25, 0.3) is 0 Å². The summed E-state index contributed by atoms with van der Waals surface area (Å²) in [6.45, 7) is 2.71. The Balaban J connectivity index is 1.33. The summed E-state index contributed by atoms with van der Waals surface area (Å²) < 4.78 is 0. The lowest BCUT2D eigenvalue weighted by molar-refractivity contribution is -0.138. The number of carbonyl (C=O) groups is 2. The van der Waals surface area contributed by atoms with Crippen LogP contribution in [0.3, 0.4) is 0 Å². The Kier molecular flexibility index (Phi) is 6.11. The number of carboxylic acids is 1. The summed E-state index contributed by atoms with van der Waals surface area (Å²) in [4.78, 5) is 36.7. The molecular formula is C22H27N5O3. The number of aliphatic imine (C=N–C) groups is 1. The zero-order chi connectivity index (χ0) is 20.9. The summed E-state index contributed by atoms with van der Waals surface area (Å²) in [6.07, 6.45) is 12.4. The molecular weight excluding hydrogens is 382 g/mol. The Labute approximate surface area is 176 Å². The number of hydrogen-bond acceptors (Lipinski definition) is 5. The molecule has 0 aliphatic carbocycles. The fourth-order valence-corrected chi connectivity index (χ4v) is 4.20. The molecule has 0 radical (unpaired) electrons. The molecule has 1 aromatic heterocycles. The number of carbonyl (C=O) groups excluding carboxylic acids is 1. The van der Waals surface area contributed by atoms with Crippen LogP contribution in [0.4, 0.5) is 4.79 Å². The minimum Gasteiger partial charge on any atom is -0.481 e. The predicted molar refractivity (Wildman–Crippen MR) is 113 cm³/mol. The van der Waals surface area contributed by atoms with Crippen molar-refractivity contribution in [1.29, 1.82) is 0 Å². The highest BCUT2D eigenvalue weighted by Gasteiger charge is 2.35. The number of amides is 2. The molecule has 2 amide bonds. The summed E-state index contributed by atoms with van der Waals surface area (Å²) >= 11 is 0. The first-order valence-corrected chi connectivity index (χ1v) is 10.5. The SMILES string of the molecule is O=C(O)CC(c1cccnc1)N1CCN(CCCC2C=CC3=CCCNC3=N2)C1=O. The Morgan fingerprint density at radius 2 is 2.27 bits per heavy atom. The van der Waals surface area contributed by atoms with Gasteiger partial charge in [-0.3, -0.25) is 14.8 Å². The van der Waals surface area contributed by atoms with Crippen LogP contribution >= 0.6 is 0 Å². The lowest BCUT2D eigenvalue weighted by Gasteiger charge is -2.27. The minimum absolute atomic E-state index is 0.102. The van der Waals surface area contributed by atoms with Gasteiger partial charge < -0.3 is 20.2 Å². The van der Waals surface area contributed by atoms with Gasteiger partial charge in [0.1, 0.15) is 5.84 Å². The van der Waals surface area contributed by atoms with E-state index in [1.807, 2.05) is 11.0 Å². The number of nitrogens with one attached hydrogen (secondary N) is 1. The Morgan fingerprint density at radius 3 is 3.07 bits per heavy atom. The molecule has 1 saturated heterocycles. The van der Waals surface area contributed by atoms with Gasteiger partial charge in [-0.15, -0.1) is 0 Å². The number of dihydropyridines is 1. The normalized spacial score (nSPS) is 21.6. The van der Waals surface area contributed by atoms with Gasteiger partial charge in [0.25, 0.3) is 0 Å². The van der Waals surface area contributed by atoms with Gasteiger partial charge in [-0.2, -0.15) is 0 Å². The van der Waals surface area contributed by atoms with Crippen molar-refractivity contribution in [3.05, 3.63) is 53.9 Å². The van der Waals surface area contributed by atoms with Crippen molar-refractivity contribution in [2.45, 2.75) is 37.8 Å². The van der Waals surface area contributed by atoms with Crippen LogP contribution in [0.1, 0.15) is 37.3 Å². The number of aliphatic carboxylic acids is 1. The molecule has 8 heteroatoms. The number of hydrogen-bond donors (Lipinski definition) is 2. The largest absolute Gasteiger partial charge is 0.481 e. The molecule has 3 aliphatic rings. The molecule has 2 unspecified atom stereocenters. The van der Waals surface area contributed by atoms with E-state index >= 15 is 0 Å². The maximum atomic E-state index is 13.0. The highest BCUT2D eigenvalue weighted by atomic mass is 16.4. The third-order valence-electron chi connectivity index (χ3n) is 5.74.